The van der Waals surface area contributed by atoms with E-state index in [1.165, 1.54) is 17.3 Å². The first-order valence-corrected chi connectivity index (χ1v) is 8.57. The normalized spacial score (nSPS) is 17.6. The van der Waals surface area contributed by atoms with Crippen LogP contribution in [0.3, 0.4) is 0 Å². The van der Waals surface area contributed by atoms with Crippen LogP contribution in [0.4, 0.5) is 0 Å². The Balaban J connectivity index is 1.91. The lowest BCUT2D eigenvalue weighted by Gasteiger charge is -2.19. The van der Waals surface area contributed by atoms with Crippen molar-refractivity contribution in [1.29, 1.82) is 0 Å². The maximum atomic E-state index is 12.3. The molecule has 0 bridgehead atoms. The number of hydrazone groups is 1. The first-order chi connectivity index (χ1) is 10.7. The molecule has 0 spiro atoms. The van der Waals surface area contributed by atoms with E-state index in [4.69, 9.17) is 4.42 Å². The van der Waals surface area contributed by atoms with Crippen LogP contribution in [0.5, 0.6) is 0 Å². The molecule has 2 aromatic rings. The van der Waals surface area contributed by atoms with Gasteiger partial charge in [-0.2, -0.15) is 16.9 Å². The van der Waals surface area contributed by atoms with Gasteiger partial charge in [-0.05, 0) is 30.9 Å². The molecule has 1 aromatic heterocycles. The molecule has 0 fully saturated rings. The number of rotatable bonds is 4. The Labute approximate surface area is 134 Å². The molecule has 4 nitrogen and oxygen atoms in total. The second kappa shape index (κ2) is 6.40. The summed E-state index contributed by atoms with van der Waals surface area (Å²) in [6.45, 7) is 2.06. The fourth-order valence-corrected chi connectivity index (χ4v) is 2.93. The van der Waals surface area contributed by atoms with Crippen molar-refractivity contribution in [1.82, 2.24) is 5.01 Å². The summed E-state index contributed by atoms with van der Waals surface area (Å²) in [5.41, 5.74) is 3.19. The molecule has 1 atom stereocenters. The molecular weight excluding hydrogens is 296 g/mol. The van der Waals surface area contributed by atoms with Crippen LogP contribution < -0.4 is 0 Å². The maximum Gasteiger partial charge on any atom is 0.253 e. The van der Waals surface area contributed by atoms with Gasteiger partial charge in [0.25, 0.3) is 5.91 Å². The Morgan fingerprint density at radius 1 is 1.36 bits per heavy atom. The summed E-state index contributed by atoms with van der Waals surface area (Å²) in [5.74, 6) is 1.21. The molecule has 22 heavy (non-hydrogen) atoms. The Morgan fingerprint density at radius 3 is 2.77 bits per heavy atom. The molecule has 0 saturated carbocycles. The van der Waals surface area contributed by atoms with Crippen molar-refractivity contribution in [2.75, 3.05) is 12.0 Å². The summed E-state index contributed by atoms with van der Waals surface area (Å²) in [6, 6.07) is 11.8. The Bertz CT molecular complexity index is 677. The van der Waals surface area contributed by atoms with Gasteiger partial charge in [-0.1, -0.05) is 29.8 Å². The summed E-state index contributed by atoms with van der Waals surface area (Å²) in [4.78, 5) is 12.3. The van der Waals surface area contributed by atoms with Gasteiger partial charge < -0.3 is 4.42 Å². The zero-order valence-electron chi connectivity index (χ0n) is 12.7. The van der Waals surface area contributed by atoms with E-state index in [1.54, 1.807) is 11.3 Å². The van der Waals surface area contributed by atoms with Crippen LogP contribution in [0.1, 0.15) is 29.3 Å². The van der Waals surface area contributed by atoms with Crippen LogP contribution in [0.25, 0.3) is 0 Å². The van der Waals surface area contributed by atoms with Gasteiger partial charge in [0.15, 0.2) is 0 Å². The molecule has 0 radical (unpaired) electrons. The molecule has 0 saturated heterocycles. The zero-order chi connectivity index (χ0) is 15.5. The Hall–Kier alpha value is -2.01. The van der Waals surface area contributed by atoms with Crippen LogP contribution in [-0.2, 0) is 4.79 Å². The number of thioether (sulfide) groups is 1. The molecule has 1 amide bonds. The highest BCUT2D eigenvalue weighted by Gasteiger charge is 2.34. The lowest BCUT2D eigenvalue weighted by Crippen LogP contribution is -2.28. The predicted octanol–water partition coefficient (Wildman–Crippen LogP) is 3.63. The van der Waals surface area contributed by atoms with E-state index in [9.17, 15) is 4.79 Å². The number of hydrogen-bond acceptors (Lipinski definition) is 4. The summed E-state index contributed by atoms with van der Waals surface area (Å²) in [7, 11) is 0. The van der Waals surface area contributed by atoms with Crippen molar-refractivity contribution in [3.05, 3.63) is 59.5 Å². The number of carbonyl (C=O) groups is 1. The van der Waals surface area contributed by atoms with Gasteiger partial charge in [0.1, 0.15) is 11.8 Å². The number of amides is 1. The topological polar surface area (TPSA) is 45.8 Å². The number of aryl methyl sites for hydroxylation is 1. The van der Waals surface area contributed by atoms with Crippen LogP contribution in [0.2, 0.25) is 0 Å². The van der Waals surface area contributed by atoms with Crippen molar-refractivity contribution in [3.63, 3.8) is 0 Å². The van der Waals surface area contributed by atoms with Crippen LogP contribution in [0.15, 0.2) is 52.2 Å². The number of carbonyl (C=O) groups excluding carboxylic acids is 1. The van der Waals surface area contributed by atoms with Gasteiger partial charge in [-0.15, -0.1) is 0 Å². The lowest BCUT2D eigenvalue weighted by atomic mass is 10.0. The molecule has 1 aliphatic heterocycles. The van der Waals surface area contributed by atoms with Crippen molar-refractivity contribution in [2.24, 2.45) is 5.10 Å². The third-order valence-corrected chi connectivity index (χ3v) is 4.23. The van der Waals surface area contributed by atoms with Crippen LogP contribution in [0, 0.1) is 6.92 Å². The van der Waals surface area contributed by atoms with Crippen LogP contribution >= 0.6 is 11.8 Å². The highest BCUT2D eigenvalue weighted by molar-refractivity contribution is 7.99. The van der Waals surface area contributed by atoms with E-state index in [0.717, 1.165) is 17.0 Å². The standard InChI is InChI=1S/C17H18N2O2S/c1-12-5-7-13(8-6-12)14-10-15(16-4-3-9-21-16)19(18-14)17(20)11-22-2/h3-9,15H,10-11H2,1-2H3/t15-/m1/s1. The number of furan rings is 1. The SMILES string of the molecule is CSCC(=O)N1N=C(c2ccc(C)cc2)C[C@@H]1c1ccco1. The van der Waals surface area contributed by atoms with E-state index >= 15 is 0 Å². The summed E-state index contributed by atoms with van der Waals surface area (Å²) in [5, 5.41) is 6.14. The largest absolute Gasteiger partial charge is 0.467 e. The summed E-state index contributed by atoms with van der Waals surface area (Å²) in [6.07, 6.45) is 4.23. The second-order valence-electron chi connectivity index (χ2n) is 5.32. The monoisotopic (exact) mass is 314 g/mol. The van der Waals surface area contributed by atoms with Gasteiger partial charge in [-0.3, -0.25) is 4.79 Å². The van der Waals surface area contributed by atoms with Crippen molar-refractivity contribution < 1.29 is 9.21 Å². The van der Waals surface area contributed by atoms with Crippen molar-refractivity contribution in [2.45, 2.75) is 19.4 Å². The molecule has 1 aliphatic rings. The van der Waals surface area contributed by atoms with E-state index in [2.05, 4.69) is 36.3 Å². The van der Waals surface area contributed by atoms with Crippen LogP contribution in [-0.4, -0.2) is 28.6 Å². The van der Waals surface area contributed by atoms with Gasteiger partial charge in [0.05, 0.1) is 17.7 Å². The average molecular weight is 314 g/mol. The fourth-order valence-electron chi connectivity index (χ4n) is 2.55. The fraction of sp³-hybridized carbons (Fsp3) is 0.294. The van der Waals surface area contributed by atoms with Gasteiger partial charge in [-0.25, -0.2) is 5.01 Å². The molecule has 0 aliphatic carbocycles. The lowest BCUT2D eigenvalue weighted by molar-refractivity contribution is -0.130. The number of hydrogen-bond donors (Lipinski definition) is 0. The minimum atomic E-state index is -0.147. The maximum absolute atomic E-state index is 12.3. The Kier molecular flexibility index (Phi) is 4.34. The first kappa shape index (κ1) is 14.9. The van der Waals surface area contributed by atoms with Gasteiger partial charge >= 0.3 is 0 Å². The molecule has 0 unspecified atom stereocenters. The molecule has 1 aromatic carbocycles. The second-order valence-corrected chi connectivity index (χ2v) is 6.19. The van der Waals surface area contributed by atoms with E-state index in [1.807, 2.05) is 18.4 Å². The van der Waals surface area contributed by atoms with E-state index in [0.29, 0.717) is 12.2 Å². The average Bonchev–Trinajstić information content (AvgIpc) is 3.17. The van der Waals surface area contributed by atoms with Gasteiger partial charge in [0, 0.05) is 6.42 Å². The van der Waals surface area contributed by atoms with E-state index < -0.39 is 0 Å². The quantitative estimate of drug-likeness (QED) is 0.865. The van der Waals surface area contributed by atoms with E-state index in [-0.39, 0.29) is 11.9 Å². The molecule has 0 N–H and O–H groups in total. The Morgan fingerprint density at radius 2 is 2.14 bits per heavy atom. The highest BCUT2D eigenvalue weighted by atomic mass is 32.2. The molecule has 3 rings (SSSR count). The first-order valence-electron chi connectivity index (χ1n) is 7.18. The molecule has 2 heterocycles. The minimum absolute atomic E-state index is 0.0102. The zero-order valence-corrected chi connectivity index (χ0v) is 13.5. The number of benzene rings is 1. The number of nitrogens with zero attached hydrogens (tertiary/aromatic N) is 2. The summed E-state index contributed by atoms with van der Waals surface area (Å²) < 4.78 is 5.51. The molecule has 114 valence electrons. The smallest absolute Gasteiger partial charge is 0.253 e. The summed E-state index contributed by atoms with van der Waals surface area (Å²) >= 11 is 1.50. The third kappa shape index (κ3) is 2.95. The predicted molar refractivity (Wildman–Crippen MR) is 89.0 cm³/mol. The molecular formula is C17H18N2O2S. The highest BCUT2D eigenvalue weighted by Crippen LogP contribution is 2.33. The minimum Gasteiger partial charge on any atom is -0.467 e. The van der Waals surface area contributed by atoms with Crippen molar-refractivity contribution >= 4 is 23.4 Å². The van der Waals surface area contributed by atoms with Gasteiger partial charge in [0.2, 0.25) is 0 Å². The van der Waals surface area contributed by atoms with Crippen molar-refractivity contribution in [3.8, 4) is 0 Å². The third-order valence-electron chi connectivity index (χ3n) is 3.69. The molecule has 5 heteroatoms.